The van der Waals surface area contributed by atoms with Crippen LogP contribution in [0.1, 0.15) is 19.4 Å². The molecule has 0 unspecified atom stereocenters. The zero-order valence-electron chi connectivity index (χ0n) is 15.6. The molecule has 0 N–H and O–H groups in total. The molecule has 0 saturated heterocycles. The van der Waals surface area contributed by atoms with Gasteiger partial charge in [0.25, 0.3) is 0 Å². The van der Waals surface area contributed by atoms with Crippen molar-refractivity contribution in [2.45, 2.75) is 20.3 Å². The van der Waals surface area contributed by atoms with Crippen molar-refractivity contribution < 1.29 is 18.6 Å². The molecule has 0 aliphatic heterocycles. The van der Waals surface area contributed by atoms with Gasteiger partial charge in [0.1, 0.15) is 11.1 Å². The number of methoxy groups -OCH3 is 3. The van der Waals surface area contributed by atoms with E-state index in [1.54, 1.807) is 39.5 Å². The minimum Gasteiger partial charge on any atom is -0.496 e. The van der Waals surface area contributed by atoms with E-state index in [1.165, 1.54) is 5.57 Å². The Balaban J connectivity index is 2.48. The number of ether oxygens (including phenoxy) is 3. The van der Waals surface area contributed by atoms with E-state index in [2.05, 4.69) is 6.08 Å². The molecule has 26 heavy (non-hydrogen) atoms. The highest BCUT2D eigenvalue weighted by Crippen LogP contribution is 2.38. The number of rotatable bonds is 5. The number of hydrogen-bond donors (Lipinski definition) is 0. The van der Waals surface area contributed by atoms with Gasteiger partial charge in [-0.05, 0) is 38.5 Å². The van der Waals surface area contributed by atoms with Gasteiger partial charge < -0.3 is 18.6 Å². The number of allylic oxidation sites excluding steroid dienone is 2. The molecule has 5 nitrogen and oxygen atoms in total. The van der Waals surface area contributed by atoms with Gasteiger partial charge in [-0.15, -0.1) is 0 Å². The second-order valence-corrected chi connectivity index (χ2v) is 6.23. The molecule has 136 valence electrons. The molecule has 0 aliphatic rings. The van der Waals surface area contributed by atoms with Crippen molar-refractivity contribution in [2.24, 2.45) is 0 Å². The SMILES string of the molecule is COc1cccc2c(=O)c3c(OC)cc(CC=C(C)C)c(OC)c3oc12. The van der Waals surface area contributed by atoms with Crippen molar-refractivity contribution in [3.63, 3.8) is 0 Å². The van der Waals surface area contributed by atoms with Crippen LogP contribution in [0.5, 0.6) is 17.2 Å². The van der Waals surface area contributed by atoms with E-state index in [-0.39, 0.29) is 5.43 Å². The fraction of sp³-hybridized carbons (Fsp3) is 0.286. The zero-order chi connectivity index (χ0) is 18.8. The Kier molecular flexibility index (Phi) is 4.89. The lowest BCUT2D eigenvalue weighted by atomic mass is 10.0. The van der Waals surface area contributed by atoms with Crippen LogP contribution in [0.3, 0.4) is 0 Å². The zero-order valence-corrected chi connectivity index (χ0v) is 15.6. The maximum atomic E-state index is 13.1. The lowest BCUT2D eigenvalue weighted by Gasteiger charge is -2.14. The van der Waals surface area contributed by atoms with E-state index in [1.807, 2.05) is 19.9 Å². The summed E-state index contributed by atoms with van der Waals surface area (Å²) in [6.07, 6.45) is 2.73. The monoisotopic (exact) mass is 354 g/mol. The van der Waals surface area contributed by atoms with Crippen LogP contribution in [0.4, 0.5) is 0 Å². The van der Waals surface area contributed by atoms with Crippen LogP contribution < -0.4 is 19.6 Å². The molecule has 0 amide bonds. The fourth-order valence-corrected chi connectivity index (χ4v) is 3.03. The van der Waals surface area contributed by atoms with Crippen LogP contribution in [0.2, 0.25) is 0 Å². The van der Waals surface area contributed by atoms with Gasteiger partial charge in [0.05, 0.1) is 26.7 Å². The van der Waals surface area contributed by atoms with Crippen LogP contribution in [-0.2, 0) is 6.42 Å². The largest absolute Gasteiger partial charge is 0.496 e. The van der Waals surface area contributed by atoms with E-state index in [0.717, 1.165) is 5.56 Å². The molecule has 0 radical (unpaired) electrons. The lowest BCUT2D eigenvalue weighted by molar-refractivity contribution is 0.395. The molecule has 0 spiro atoms. The smallest absolute Gasteiger partial charge is 0.204 e. The summed E-state index contributed by atoms with van der Waals surface area (Å²) in [6.45, 7) is 4.06. The Morgan fingerprint density at radius 2 is 1.77 bits per heavy atom. The van der Waals surface area contributed by atoms with Crippen LogP contribution in [0.25, 0.3) is 21.9 Å². The number of benzene rings is 2. The standard InChI is InChI=1S/C21H22O5/c1-12(2)9-10-13-11-16(24-4)17-18(22)14-7-6-8-15(23-3)20(14)26-21(17)19(13)25-5/h6-9,11H,10H2,1-5H3. The Morgan fingerprint density at radius 1 is 1.04 bits per heavy atom. The van der Waals surface area contributed by atoms with E-state index in [9.17, 15) is 4.79 Å². The van der Waals surface area contributed by atoms with Crippen molar-refractivity contribution in [1.82, 2.24) is 0 Å². The van der Waals surface area contributed by atoms with Gasteiger partial charge in [-0.3, -0.25) is 4.79 Å². The lowest BCUT2D eigenvalue weighted by Crippen LogP contribution is -2.07. The summed E-state index contributed by atoms with van der Waals surface area (Å²) in [7, 11) is 4.66. The Morgan fingerprint density at radius 3 is 2.38 bits per heavy atom. The molecule has 0 aliphatic carbocycles. The maximum Gasteiger partial charge on any atom is 0.204 e. The summed E-state index contributed by atoms with van der Waals surface area (Å²) in [5.41, 5.74) is 2.66. The average molecular weight is 354 g/mol. The van der Waals surface area contributed by atoms with Gasteiger partial charge >= 0.3 is 0 Å². The molecule has 1 heterocycles. The van der Waals surface area contributed by atoms with Gasteiger partial charge in [0, 0.05) is 5.56 Å². The highest BCUT2D eigenvalue weighted by atomic mass is 16.5. The second kappa shape index (κ2) is 7.12. The van der Waals surface area contributed by atoms with E-state index in [0.29, 0.717) is 45.6 Å². The molecule has 5 heteroatoms. The number of fused-ring (bicyclic) bond motifs is 2. The maximum absolute atomic E-state index is 13.1. The molecule has 3 aromatic rings. The molecule has 0 bridgehead atoms. The second-order valence-electron chi connectivity index (χ2n) is 6.23. The third kappa shape index (κ3) is 2.90. The predicted octanol–water partition coefficient (Wildman–Crippen LogP) is 4.48. The number of para-hydroxylation sites is 1. The Bertz CT molecular complexity index is 1060. The van der Waals surface area contributed by atoms with Crippen molar-refractivity contribution in [3.8, 4) is 17.2 Å². The van der Waals surface area contributed by atoms with Gasteiger partial charge in [-0.2, -0.15) is 0 Å². The first-order valence-corrected chi connectivity index (χ1v) is 8.32. The van der Waals surface area contributed by atoms with Crippen LogP contribution in [-0.4, -0.2) is 21.3 Å². The first-order chi connectivity index (χ1) is 12.5. The fourth-order valence-electron chi connectivity index (χ4n) is 3.03. The quantitative estimate of drug-likeness (QED) is 0.499. The minimum absolute atomic E-state index is 0.177. The first-order valence-electron chi connectivity index (χ1n) is 8.32. The van der Waals surface area contributed by atoms with Crippen molar-refractivity contribution in [3.05, 3.63) is 51.7 Å². The normalized spacial score (nSPS) is 10.8. The summed E-state index contributed by atoms with van der Waals surface area (Å²) >= 11 is 0. The molecule has 0 atom stereocenters. The Labute approximate surface area is 151 Å². The van der Waals surface area contributed by atoms with Crippen LogP contribution in [0.15, 0.2) is 45.1 Å². The summed E-state index contributed by atoms with van der Waals surface area (Å²) in [4.78, 5) is 13.1. The van der Waals surface area contributed by atoms with Crippen molar-refractivity contribution >= 4 is 21.9 Å². The third-order valence-corrected chi connectivity index (χ3v) is 4.31. The third-order valence-electron chi connectivity index (χ3n) is 4.31. The summed E-state index contributed by atoms with van der Waals surface area (Å²) in [5, 5.41) is 0.806. The molecular weight excluding hydrogens is 332 g/mol. The van der Waals surface area contributed by atoms with Crippen molar-refractivity contribution in [1.29, 1.82) is 0 Å². The number of hydrogen-bond acceptors (Lipinski definition) is 5. The topological polar surface area (TPSA) is 57.9 Å². The van der Waals surface area contributed by atoms with Crippen LogP contribution in [0, 0.1) is 0 Å². The highest BCUT2D eigenvalue weighted by Gasteiger charge is 2.21. The van der Waals surface area contributed by atoms with Crippen LogP contribution >= 0.6 is 0 Å². The molecule has 0 saturated carbocycles. The molecule has 2 aromatic carbocycles. The summed E-state index contributed by atoms with van der Waals surface area (Å²) in [5.74, 6) is 1.50. The van der Waals surface area contributed by atoms with Gasteiger partial charge in [0.2, 0.25) is 5.43 Å². The van der Waals surface area contributed by atoms with Crippen molar-refractivity contribution in [2.75, 3.05) is 21.3 Å². The van der Waals surface area contributed by atoms with E-state index < -0.39 is 0 Å². The average Bonchev–Trinajstić information content (AvgIpc) is 2.64. The first kappa shape index (κ1) is 17.9. The molecule has 1 aromatic heterocycles. The Hall–Kier alpha value is -2.95. The summed E-state index contributed by atoms with van der Waals surface area (Å²) in [6, 6.07) is 7.07. The van der Waals surface area contributed by atoms with E-state index in [4.69, 9.17) is 18.6 Å². The van der Waals surface area contributed by atoms with E-state index >= 15 is 0 Å². The van der Waals surface area contributed by atoms with Gasteiger partial charge in [0.15, 0.2) is 22.7 Å². The molecule has 3 rings (SSSR count). The molecular formula is C21H22O5. The highest BCUT2D eigenvalue weighted by molar-refractivity contribution is 5.98. The van der Waals surface area contributed by atoms with Gasteiger partial charge in [-0.1, -0.05) is 17.7 Å². The minimum atomic E-state index is -0.177. The van der Waals surface area contributed by atoms with Gasteiger partial charge in [-0.25, -0.2) is 0 Å². The predicted molar refractivity (Wildman–Crippen MR) is 103 cm³/mol. The molecule has 0 fully saturated rings. The summed E-state index contributed by atoms with van der Waals surface area (Å²) < 4.78 is 22.6.